The highest BCUT2D eigenvalue weighted by atomic mass is 16.5. The first-order valence-electron chi connectivity index (χ1n) is 7.98. The van der Waals surface area contributed by atoms with Crippen molar-refractivity contribution in [2.75, 3.05) is 0 Å². The fraction of sp³-hybridized carbons (Fsp3) is 0. The minimum absolute atomic E-state index is 0.489. The average molecular weight is 336 g/mol. The topological polar surface area (TPSA) is 66.0 Å². The highest BCUT2D eigenvalue weighted by molar-refractivity contribution is 6.07. The average Bonchev–Trinajstić information content (AvgIpc) is 2.68. The molecule has 0 aliphatic rings. The number of hydrogen-bond acceptors (Lipinski definition) is 4. The number of rotatable bonds is 3. The van der Waals surface area contributed by atoms with Gasteiger partial charge in [0.25, 0.3) is 12.5 Å². The standard InChI is InChI=1S/C22H12N2O2/c23-13-25-16-11-15-5-1-2-6-17(15)21(12-16)19-7-3-9-20-18(19)8-4-10-22(20)26-14-24/h1-12H. The van der Waals surface area contributed by atoms with E-state index in [1.54, 1.807) is 18.6 Å². The molecule has 26 heavy (non-hydrogen) atoms. The highest BCUT2D eigenvalue weighted by Gasteiger charge is 2.12. The van der Waals surface area contributed by atoms with Gasteiger partial charge in [-0.15, -0.1) is 10.5 Å². The summed E-state index contributed by atoms with van der Waals surface area (Å²) in [4.78, 5) is 0. The Bertz CT molecular complexity index is 1220. The lowest BCUT2D eigenvalue weighted by Gasteiger charge is -2.12. The van der Waals surface area contributed by atoms with Gasteiger partial charge in [-0.3, -0.25) is 0 Å². The molecule has 4 aromatic carbocycles. The predicted octanol–water partition coefficient (Wildman–Crippen LogP) is 5.38. The molecular formula is C22H12N2O2. The van der Waals surface area contributed by atoms with Crippen LogP contribution in [0.1, 0.15) is 0 Å². The van der Waals surface area contributed by atoms with E-state index in [-0.39, 0.29) is 0 Å². The molecule has 0 aromatic heterocycles. The highest BCUT2D eigenvalue weighted by Crippen LogP contribution is 2.38. The van der Waals surface area contributed by atoms with Crippen molar-refractivity contribution in [1.82, 2.24) is 0 Å². The molecule has 122 valence electrons. The van der Waals surface area contributed by atoms with Crippen LogP contribution < -0.4 is 9.47 Å². The summed E-state index contributed by atoms with van der Waals surface area (Å²) in [5.41, 5.74) is 1.93. The van der Waals surface area contributed by atoms with Gasteiger partial charge in [0.15, 0.2) is 0 Å². The number of hydrogen-bond donors (Lipinski definition) is 0. The van der Waals surface area contributed by atoms with Crippen LogP contribution in [0.2, 0.25) is 0 Å². The van der Waals surface area contributed by atoms with Gasteiger partial charge in [0.1, 0.15) is 11.5 Å². The smallest absolute Gasteiger partial charge is 0.292 e. The third-order valence-electron chi connectivity index (χ3n) is 4.33. The Morgan fingerprint density at radius 1 is 0.615 bits per heavy atom. The Hall–Kier alpha value is -4.02. The van der Waals surface area contributed by atoms with E-state index >= 15 is 0 Å². The summed E-state index contributed by atoms with van der Waals surface area (Å²) in [5.74, 6) is 1.00. The number of benzene rings is 4. The van der Waals surface area contributed by atoms with Crippen LogP contribution >= 0.6 is 0 Å². The molecule has 4 nitrogen and oxygen atoms in total. The van der Waals surface area contributed by atoms with E-state index in [9.17, 15) is 0 Å². The molecule has 4 rings (SSSR count). The van der Waals surface area contributed by atoms with Crippen molar-refractivity contribution in [3.05, 3.63) is 72.8 Å². The van der Waals surface area contributed by atoms with Gasteiger partial charge in [-0.2, -0.15) is 0 Å². The van der Waals surface area contributed by atoms with Crippen LogP contribution in [0.15, 0.2) is 72.8 Å². The van der Waals surface area contributed by atoms with Gasteiger partial charge >= 0.3 is 0 Å². The molecule has 4 heteroatoms. The molecule has 0 saturated heterocycles. The van der Waals surface area contributed by atoms with Gasteiger partial charge < -0.3 is 9.47 Å². The summed E-state index contributed by atoms with van der Waals surface area (Å²) in [6.45, 7) is 0. The van der Waals surface area contributed by atoms with Crippen molar-refractivity contribution < 1.29 is 9.47 Å². The van der Waals surface area contributed by atoms with Crippen molar-refractivity contribution in [3.8, 4) is 35.1 Å². The first kappa shape index (κ1) is 15.5. The number of nitrogens with zero attached hydrogens (tertiary/aromatic N) is 2. The largest absolute Gasteiger partial charge is 0.388 e. The lowest BCUT2D eigenvalue weighted by atomic mass is 9.93. The molecule has 0 bridgehead atoms. The van der Waals surface area contributed by atoms with E-state index in [2.05, 4.69) is 0 Å². The van der Waals surface area contributed by atoms with Crippen LogP contribution in [0.5, 0.6) is 11.5 Å². The SMILES string of the molecule is N#COc1cc(-c2cccc3c(OC#N)cccc23)c2ccccc2c1. The zero-order valence-electron chi connectivity index (χ0n) is 13.6. The normalized spacial score (nSPS) is 10.2. The molecule has 0 heterocycles. The zero-order valence-corrected chi connectivity index (χ0v) is 13.6. The minimum atomic E-state index is 0.489. The summed E-state index contributed by atoms with van der Waals surface area (Å²) < 4.78 is 10.2. The second-order valence-electron chi connectivity index (χ2n) is 5.74. The number of ether oxygens (including phenoxy) is 2. The summed E-state index contributed by atoms with van der Waals surface area (Å²) >= 11 is 0. The lowest BCUT2D eigenvalue weighted by molar-refractivity contribution is 0.508. The van der Waals surface area contributed by atoms with Gasteiger partial charge in [-0.25, -0.2) is 0 Å². The van der Waals surface area contributed by atoms with Gasteiger partial charge in [-0.05, 0) is 45.5 Å². The quantitative estimate of drug-likeness (QED) is 0.471. The molecule has 0 N–H and O–H groups in total. The Morgan fingerprint density at radius 3 is 2.19 bits per heavy atom. The molecule has 0 spiro atoms. The third-order valence-corrected chi connectivity index (χ3v) is 4.33. The fourth-order valence-electron chi connectivity index (χ4n) is 3.27. The zero-order chi connectivity index (χ0) is 17.9. The summed E-state index contributed by atoms with van der Waals surface area (Å²) in [7, 11) is 0. The Kier molecular flexibility index (Phi) is 3.86. The Morgan fingerprint density at radius 2 is 1.35 bits per heavy atom. The molecule has 0 unspecified atom stereocenters. The maximum Gasteiger partial charge on any atom is 0.292 e. The van der Waals surface area contributed by atoms with Gasteiger partial charge in [0, 0.05) is 5.39 Å². The van der Waals surface area contributed by atoms with E-state index in [1.807, 2.05) is 66.7 Å². The van der Waals surface area contributed by atoms with Crippen LogP contribution in [-0.4, -0.2) is 0 Å². The molecule has 0 amide bonds. The van der Waals surface area contributed by atoms with Crippen LogP contribution in [0.3, 0.4) is 0 Å². The van der Waals surface area contributed by atoms with E-state index in [0.717, 1.165) is 32.7 Å². The molecular weight excluding hydrogens is 324 g/mol. The van der Waals surface area contributed by atoms with Gasteiger partial charge in [0.2, 0.25) is 0 Å². The fourth-order valence-corrected chi connectivity index (χ4v) is 3.27. The second kappa shape index (κ2) is 6.47. The monoisotopic (exact) mass is 336 g/mol. The molecule has 0 fully saturated rings. The van der Waals surface area contributed by atoms with E-state index in [4.69, 9.17) is 20.0 Å². The second-order valence-corrected chi connectivity index (χ2v) is 5.74. The maximum atomic E-state index is 8.90. The molecule has 0 atom stereocenters. The first-order chi connectivity index (χ1) is 12.8. The van der Waals surface area contributed by atoms with Crippen LogP contribution in [0, 0.1) is 23.0 Å². The van der Waals surface area contributed by atoms with Crippen LogP contribution in [-0.2, 0) is 0 Å². The van der Waals surface area contributed by atoms with Gasteiger partial charge in [0.05, 0.1) is 0 Å². The van der Waals surface area contributed by atoms with Gasteiger partial charge in [-0.1, -0.05) is 54.6 Å². The van der Waals surface area contributed by atoms with E-state index in [0.29, 0.717) is 11.5 Å². The van der Waals surface area contributed by atoms with Crippen LogP contribution in [0.4, 0.5) is 0 Å². The first-order valence-corrected chi connectivity index (χ1v) is 7.98. The van der Waals surface area contributed by atoms with Crippen molar-refractivity contribution in [2.24, 2.45) is 0 Å². The lowest BCUT2D eigenvalue weighted by Crippen LogP contribution is -1.89. The molecule has 0 aliphatic heterocycles. The third kappa shape index (κ3) is 2.56. The number of fused-ring (bicyclic) bond motifs is 2. The summed E-state index contributed by atoms with van der Waals surface area (Å²) in [6, 6.07) is 23.1. The van der Waals surface area contributed by atoms with Crippen LogP contribution in [0.25, 0.3) is 32.7 Å². The Balaban J connectivity index is 2.06. The van der Waals surface area contributed by atoms with Crippen molar-refractivity contribution in [2.45, 2.75) is 0 Å². The summed E-state index contributed by atoms with van der Waals surface area (Å²) in [5, 5.41) is 21.6. The number of nitriles is 2. The van der Waals surface area contributed by atoms with E-state index in [1.165, 1.54) is 0 Å². The van der Waals surface area contributed by atoms with Crippen molar-refractivity contribution >= 4 is 21.5 Å². The maximum absolute atomic E-state index is 8.90. The minimum Gasteiger partial charge on any atom is -0.388 e. The van der Waals surface area contributed by atoms with Crippen molar-refractivity contribution in [3.63, 3.8) is 0 Å². The molecule has 0 radical (unpaired) electrons. The van der Waals surface area contributed by atoms with Crippen molar-refractivity contribution in [1.29, 1.82) is 10.5 Å². The summed E-state index contributed by atoms with van der Waals surface area (Å²) in [6.07, 6.45) is 3.47. The molecule has 4 aromatic rings. The molecule has 0 saturated carbocycles. The Labute approximate surface area is 150 Å². The van der Waals surface area contributed by atoms with E-state index < -0.39 is 0 Å². The predicted molar refractivity (Wildman–Crippen MR) is 99.4 cm³/mol. The molecule has 0 aliphatic carbocycles.